The molecule has 0 saturated carbocycles. The Morgan fingerprint density at radius 3 is 2.37 bits per heavy atom. The minimum Gasteiger partial charge on any atom is -0.508 e. The molecule has 0 atom stereocenters. The number of fused-ring (bicyclic) bond motifs is 1. The van der Waals surface area contributed by atoms with E-state index in [1.807, 2.05) is 12.1 Å². The van der Waals surface area contributed by atoms with Gasteiger partial charge < -0.3 is 5.11 Å². The largest absolute Gasteiger partial charge is 0.508 e. The molecule has 0 aliphatic rings. The number of phenolic OH excluding ortho intramolecular Hbond substituents is 1. The standard InChI is InChI=1S/C17H15NO/c1-2-15-7-3-14-11-13(6-10-17(14)18-15)12-4-8-16(19)9-5-12/h3-11,19H,2H2,1H3. The number of rotatable bonds is 2. The molecule has 0 aliphatic heterocycles. The molecule has 3 rings (SSSR count). The van der Waals surface area contributed by atoms with Crippen LogP contribution in [-0.2, 0) is 6.42 Å². The number of hydrogen-bond acceptors (Lipinski definition) is 2. The molecule has 19 heavy (non-hydrogen) atoms. The fourth-order valence-corrected chi connectivity index (χ4v) is 2.20. The van der Waals surface area contributed by atoms with Crippen molar-refractivity contribution in [2.45, 2.75) is 13.3 Å². The van der Waals surface area contributed by atoms with Gasteiger partial charge in [0.25, 0.3) is 0 Å². The Balaban J connectivity index is 2.08. The van der Waals surface area contributed by atoms with Crippen LogP contribution in [0.4, 0.5) is 0 Å². The third-order valence-corrected chi connectivity index (χ3v) is 3.31. The molecule has 2 heteroatoms. The van der Waals surface area contributed by atoms with E-state index in [0.29, 0.717) is 5.75 Å². The maximum absolute atomic E-state index is 9.32. The van der Waals surface area contributed by atoms with Crippen LogP contribution in [0.2, 0.25) is 0 Å². The highest BCUT2D eigenvalue weighted by atomic mass is 16.3. The van der Waals surface area contributed by atoms with E-state index in [1.165, 1.54) is 0 Å². The molecular formula is C17H15NO. The topological polar surface area (TPSA) is 33.1 Å². The van der Waals surface area contributed by atoms with Crippen LogP contribution in [0.15, 0.2) is 54.6 Å². The minimum atomic E-state index is 0.291. The van der Waals surface area contributed by atoms with Gasteiger partial charge in [-0.15, -0.1) is 0 Å². The van der Waals surface area contributed by atoms with Gasteiger partial charge in [0.2, 0.25) is 0 Å². The summed E-state index contributed by atoms with van der Waals surface area (Å²) in [7, 11) is 0. The molecule has 0 saturated heterocycles. The van der Waals surface area contributed by atoms with E-state index in [0.717, 1.165) is 34.1 Å². The summed E-state index contributed by atoms with van der Waals surface area (Å²) >= 11 is 0. The normalized spacial score (nSPS) is 10.8. The van der Waals surface area contributed by atoms with Crippen LogP contribution in [0.3, 0.4) is 0 Å². The van der Waals surface area contributed by atoms with E-state index in [-0.39, 0.29) is 0 Å². The molecule has 0 radical (unpaired) electrons. The highest BCUT2D eigenvalue weighted by molar-refractivity contribution is 5.84. The fraction of sp³-hybridized carbons (Fsp3) is 0.118. The molecule has 0 aliphatic carbocycles. The molecule has 2 aromatic carbocycles. The van der Waals surface area contributed by atoms with Gasteiger partial charge in [0.1, 0.15) is 5.75 Å². The zero-order chi connectivity index (χ0) is 13.2. The third kappa shape index (κ3) is 2.29. The number of aromatic nitrogens is 1. The highest BCUT2D eigenvalue weighted by Crippen LogP contribution is 2.25. The van der Waals surface area contributed by atoms with Gasteiger partial charge in [0.15, 0.2) is 0 Å². The molecule has 0 spiro atoms. The zero-order valence-corrected chi connectivity index (χ0v) is 10.8. The fourth-order valence-electron chi connectivity index (χ4n) is 2.20. The molecule has 2 nitrogen and oxygen atoms in total. The first-order chi connectivity index (χ1) is 9.26. The van der Waals surface area contributed by atoms with Crippen molar-refractivity contribution < 1.29 is 5.11 Å². The summed E-state index contributed by atoms with van der Waals surface area (Å²) in [4.78, 5) is 4.60. The first-order valence-corrected chi connectivity index (χ1v) is 6.45. The van der Waals surface area contributed by atoms with Crippen LogP contribution in [0.1, 0.15) is 12.6 Å². The van der Waals surface area contributed by atoms with Crippen LogP contribution in [-0.4, -0.2) is 10.1 Å². The van der Waals surface area contributed by atoms with Gasteiger partial charge in [0, 0.05) is 11.1 Å². The molecule has 1 N–H and O–H groups in total. The monoisotopic (exact) mass is 249 g/mol. The van der Waals surface area contributed by atoms with E-state index in [1.54, 1.807) is 12.1 Å². The predicted octanol–water partition coefficient (Wildman–Crippen LogP) is 4.17. The summed E-state index contributed by atoms with van der Waals surface area (Å²) in [5, 5.41) is 10.5. The summed E-state index contributed by atoms with van der Waals surface area (Å²) in [6.45, 7) is 2.11. The molecule has 1 heterocycles. The highest BCUT2D eigenvalue weighted by Gasteiger charge is 2.01. The van der Waals surface area contributed by atoms with Crippen molar-refractivity contribution >= 4 is 10.9 Å². The summed E-state index contributed by atoms with van der Waals surface area (Å²) in [6, 6.07) is 17.7. The van der Waals surface area contributed by atoms with Crippen molar-refractivity contribution in [3.05, 3.63) is 60.3 Å². The second kappa shape index (κ2) is 4.73. The first kappa shape index (κ1) is 11.7. The molecule has 94 valence electrons. The van der Waals surface area contributed by atoms with Gasteiger partial charge >= 0.3 is 0 Å². The number of aryl methyl sites for hydroxylation is 1. The van der Waals surface area contributed by atoms with E-state index in [9.17, 15) is 5.11 Å². The number of nitrogens with zero attached hydrogens (tertiary/aromatic N) is 1. The number of pyridine rings is 1. The van der Waals surface area contributed by atoms with Gasteiger partial charge in [0.05, 0.1) is 5.52 Å². The van der Waals surface area contributed by atoms with Gasteiger partial charge in [-0.05, 0) is 47.9 Å². The van der Waals surface area contributed by atoms with Gasteiger partial charge in [-0.3, -0.25) is 4.98 Å². The number of benzene rings is 2. The lowest BCUT2D eigenvalue weighted by Crippen LogP contribution is -1.88. The Hall–Kier alpha value is -2.35. The van der Waals surface area contributed by atoms with E-state index < -0.39 is 0 Å². The molecular weight excluding hydrogens is 234 g/mol. The van der Waals surface area contributed by atoms with Crippen molar-refractivity contribution in [3.8, 4) is 16.9 Å². The number of phenols is 1. The second-order valence-corrected chi connectivity index (χ2v) is 4.61. The van der Waals surface area contributed by atoms with E-state index in [2.05, 4.69) is 42.2 Å². The maximum atomic E-state index is 9.32. The Labute approximate surface area is 112 Å². The average molecular weight is 249 g/mol. The summed E-state index contributed by atoms with van der Waals surface area (Å²) in [5.41, 5.74) is 4.38. The number of aromatic hydroxyl groups is 1. The first-order valence-electron chi connectivity index (χ1n) is 6.45. The minimum absolute atomic E-state index is 0.291. The Morgan fingerprint density at radius 1 is 0.895 bits per heavy atom. The molecule has 0 amide bonds. The molecule has 0 fully saturated rings. The van der Waals surface area contributed by atoms with Crippen LogP contribution in [0, 0.1) is 0 Å². The SMILES string of the molecule is CCc1ccc2cc(-c3ccc(O)cc3)ccc2n1. The van der Waals surface area contributed by atoms with Crippen molar-refractivity contribution in [1.29, 1.82) is 0 Å². The summed E-state index contributed by atoms with van der Waals surface area (Å²) < 4.78 is 0. The lowest BCUT2D eigenvalue weighted by atomic mass is 10.0. The summed E-state index contributed by atoms with van der Waals surface area (Å²) in [6.07, 6.45) is 0.954. The summed E-state index contributed by atoms with van der Waals surface area (Å²) in [5.74, 6) is 0.291. The van der Waals surface area contributed by atoms with Crippen LogP contribution < -0.4 is 0 Å². The Bertz CT molecular complexity index is 717. The van der Waals surface area contributed by atoms with Gasteiger partial charge in [-0.2, -0.15) is 0 Å². The third-order valence-electron chi connectivity index (χ3n) is 3.31. The predicted molar refractivity (Wildman–Crippen MR) is 78.2 cm³/mol. The van der Waals surface area contributed by atoms with Crippen molar-refractivity contribution in [3.63, 3.8) is 0 Å². The average Bonchev–Trinajstić information content (AvgIpc) is 2.47. The maximum Gasteiger partial charge on any atom is 0.115 e. The van der Waals surface area contributed by atoms with Gasteiger partial charge in [-0.1, -0.05) is 31.2 Å². The van der Waals surface area contributed by atoms with Gasteiger partial charge in [-0.25, -0.2) is 0 Å². The molecule has 3 aromatic rings. The van der Waals surface area contributed by atoms with Crippen LogP contribution in [0.5, 0.6) is 5.75 Å². The second-order valence-electron chi connectivity index (χ2n) is 4.61. The lowest BCUT2D eigenvalue weighted by molar-refractivity contribution is 0.475. The smallest absolute Gasteiger partial charge is 0.115 e. The van der Waals surface area contributed by atoms with Crippen LogP contribution in [0.25, 0.3) is 22.0 Å². The zero-order valence-electron chi connectivity index (χ0n) is 10.8. The molecule has 1 aromatic heterocycles. The van der Waals surface area contributed by atoms with Crippen molar-refractivity contribution in [2.75, 3.05) is 0 Å². The van der Waals surface area contributed by atoms with Crippen molar-refractivity contribution in [2.24, 2.45) is 0 Å². The quantitative estimate of drug-likeness (QED) is 0.739. The van der Waals surface area contributed by atoms with E-state index >= 15 is 0 Å². The van der Waals surface area contributed by atoms with E-state index in [4.69, 9.17) is 0 Å². The number of hydrogen-bond donors (Lipinski definition) is 1. The lowest BCUT2D eigenvalue weighted by Gasteiger charge is -2.05. The molecule has 0 bridgehead atoms. The molecule has 0 unspecified atom stereocenters. The Kier molecular flexibility index (Phi) is 2.92. The van der Waals surface area contributed by atoms with Crippen molar-refractivity contribution in [1.82, 2.24) is 4.98 Å². The Morgan fingerprint density at radius 2 is 1.63 bits per heavy atom. The van der Waals surface area contributed by atoms with Crippen LogP contribution >= 0.6 is 0 Å².